The van der Waals surface area contributed by atoms with Gasteiger partial charge in [0.05, 0.1) is 12.5 Å². The average molecular weight is 322 g/mol. The van der Waals surface area contributed by atoms with E-state index in [1.807, 2.05) is 20.8 Å². The van der Waals surface area contributed by atoms with Crippen molar-refractivity contribution in [2.24, 2.45) is 5.92 Å². The molecule has 1 aliphatic rings. The van der Waals surface area contributed by atoms with Gasteiger partial charge in [0.2, 0.25) is 11.8 Å². The fourth-order valence-corrected chi connectivity index (χ4v) is 2.25. The molecule has 21 heavy (non-hydrogen) atoms. The van der Waals surface area contributed by atoms with Crippen LogP contribution in [-0.4, -0.2) is 62.1 Å². The number of methoxy groups -OCH3 is 1. The summed E-state index contributed by atoms with van der Waals surface area (Å²) in [6, 6.07) is 0. The Balaban J connectivity index is 0.00000400. The molecule has 1 aliphatic heterocycles. The minimum atomic E-state index is -0.222. The van der Waals surface area contributed by atoms with Crippen LogP contribution < -0.4 is 10.6 Å². The van der Waals surface area contributed by atoms with Gasteiger partial charge < -0.3 is 20.3 Å². The van der Waals surface area contributed by atoms with Gasteiger partial charge in [-0.1, -0.05) is 0 Å². The minimum Gasteiger partial charge on any atom is -0.383 e. The lowest BCUT2D eigenvalue weighted by molar-refractivity contribution is -0.132. The van der Waals surface area contributed by atoms with Gasteiger partial charge in [0, 0.05) is 45.2 Å². The second-order valence-corrected chi connectivity index (χ2v) is 6.11. The molecule has 0 aliphatic carbocycles. The zero-order chi connectivity index (χ0) is 15.2. The molecule has 7 heteroatoms. The number of likely N-dealkylation sites (tertiary alicyclic amines) is 1. The summed E-state index contributed by atoms with van der Waals surface area (Å²) in [5, 5.41) is 6.03. The van der Waals surface area contributed by atoms with E-state index in [1.54, 1.807) is 12.0 Å². The molecule has 0 aromatic carbocycles. The van der Waals surface area contributed by atoms with Gasteiger partial charge in [-0.15, -0.1) is 12.4 Å². The van der Waals surface area contributed by atoms with Crippen LogP contribution in [0.5, 0.6) is 0 Å². The van der Waals surface area contributed by atoms with Gasteiger partial charge in [-0.3, -0.25) is 9.59 Å². The fraction of sp³-hybridized carbons (Fsp3) is 0.857. The number of rotatable bonds is 7. The van der Waals surface area contributed by atoms with Crippen LogP contribution in [0.25, 0.3) is 0 Å². The lowest BCUT2D eigenvalue weighted by Crippen LogP contribution is -2.43. The summed E-state index contributed by atoms with van der Waals surface area (Å²) < 4.78 is 4.91. The van der Waals surface area contributed by atoms with E-state index in [1.165, 1.54) is 0 Å². The summed E-state index contributed by atoms with van der Waals surface area (Å²) in [4.78, 5) is 25.7. The Morgan fingerprint density at radius 1 is 1.33 bits per heavy atom. The monoisotopic (exact) mass is 321 g/mol. The lowest BCUT2D eigenvalue weighted by Gasteiger charge is -2.31. The van der Waals surface area contributed by atoms with Crippen molar-refractivity contribution in [3.8, 4) is 0 Å². The largest absolute Gasteiger partial charge is 0.383 e. The molecule has 2 N–H and O–H groups in total. The SMILES string of the molecule is COCCNCCNC(=O)C1CC(=O)N(C(C)(C)C)C1.Cl. The summed E-state index contributed by atoms with van der Waals surface area (Å²) in [5.74, 6) is -0.185. The van der Waals surface area contributed by atoms with Crippen molar-refractivity contribution in [3.63, 3.8) is 0 Å². The maximum atomic E-state index is 12.0. The molecule has 124 valence electrons. The summed E-state index contributed by atoms with van der Waals surface area (Å²) in [6.45, 7) is 9.20. The Bertz CT molecular complexity index is 345. The highest BCUT2D eigenvalue weighted by Gasteiger charge is 2.39. The van der Waals surface area contributed by atoms with Gasteiger partial charge in [-0.25, -0.2) is 0 Å². The van der Waals surface area contributed by atoms with Gasteiger partial charge >= 0.3 is 0 Å². The number of nitrogens with zero attached hydrogens (tertiary/aromatic N) is 1. The van der Waals surface area contributed by atoms with Crippen molar-refractivity contribution >= 4 is 24.2 Å². The molecule has 1 heterocycles. The van der Waals surface area contributed by atoms with E-state index in [0.717, 1.165) is 6.54 Å². The molecule has 0 saturated carbocycles. The van der Waals surface area contributed by atoms with Crippen LogP contribution >= 0.6 is 12.4 Å². The Morgan fingerprint density at radius 3 is 2.52 bits per heavy atom. The molecule has 1 unspecified atom stereocenters. The van der Waals surface area contributed by atoms with Crippen LogP contribution in [-0.2, 0) is 14.3 Å². The van der Waals surface area contributed by atoms with Crippen molar-refractivity contribution in [1.82, 2.24) is 15.5 Å². The van der Waals surface area contributed by atoms with Crippen molar-refractivity contribution in [1.29, 1.82) is 0 Å². The van der Waals surface area contributed by atoms with Crippen molar-refractivity contribution in [2.45, 2.75) is 32.7 Å². The van der Waals surface area contributed by atoms with Crippen LogP contribution in [0.2, 0.25) is 0 Å². The normalized spacial score (nSPS) is 18.6. The fourth-order valence-electron chi connectivity index (χ4n) is 2.25. The molecule has 1 rings (SSSR count). The molecule has 1 atom stereocenters. The first-order chi connectivity index (χ1) is 9.36. The third kappa shape index (κ3) is 6.63. The van der Waals surface area contributed by atoms with Crippen LogP contribution in [0, 0.1) is 5.92 Å². The van der Waals surface area contributed by atoms with Crippen molar-refractivity contribution in [2.75, 3.05) is 39.9 Å². The van der Waals surface area contributed by atoms with E-state index in [2.05, 4.69) is 10.6 Å². The number of hydrogen-bond donors (Lipinski definition) is 2. The standard InChI is InChI=1S/C14H27N3O3.ClH/c1-14(2,3)17-10-11(9-12(17)18)13(19)16-6-5-15-7-8-20-4;/h11,15H,5-10H2,1-4H3,(H,16,19);1H. The number of halogens is 1. The molecule has 2 amide bonds. The second kappa shape index (κ2) is 9.23. The highest BCUT2D eigenvalue weighted by Crippen LogP contribution is 2.25. The molecular weight excluding hydrogens is 294 g/mol. The van der Waals surface area contributed by atoms with Crippen molar-refractivity contribution < 1.29 is 14.3 Å². The molecule has 0 bridgehead atoms. The highest BCUT2D eigenvalue weighted by molar-refractivity contribution is 5.89. The van der Waals surface area contributed by atoms with Crippen molar-refractivity contribution in [3.05, 3.63) is 0 Å². The number of amides is 2. The number of nitrogens with one attached hydrogen (secondary N) is 2. The molecule has 0 aromatic rings. The van der Waals surface area contributed by atoms with Gasteiger partial charge in [0.15, 0.2) is 0 Å². The maximum Gasteiger partial charge on any atom is 0.225 e. The average Bonchev–Trinajstić information content (AvgIpc) is 2.75. The van der Waals surface area contributed by atoms with Gasteiger partial charge in [0.25, 0.3) is 0 Å². The first-order valence-electron chi connectivity index (χ1n) is 7.14. The second-order valence-electron chi connectivity index (χ2n) is 6.11. The molecule has 0 radical (unpaired) electrons. The Morgan fingerprint density at radius 2 is 2.00 bits per heavy atom. The third-order valence-corrected chi connectivity index (χ3v) is 3.39. The van der Waals surface area contributed by atoms with E-state index in [-0.39, 0.29) is 35.7 Å². The lowest BCUT2D eigenvalue weighted by atomic mass is 10.1. The van der Waals surface area contributed by atoms with Crippen LogP contribution in [0.15, 0.2) is 0 Å². The smallest absolute Gasteiger partial charge is 0.225 e. The number of carbonyl (C=O) groups excluding carboxylic acids is 2. The van der Waals surface area contributed by atoms with E-state index < -0.39 is 0 Å². The van der Waals surface area contributed by atoms with Crippen LogP contribution in [0.3, 0.4) is 0 Å². The van der Waals surface area contributed by atoms with E-state index in [0.29, 0.717) is 32.7 Å². The minimum absolute atomic E-state index is 0. The Hall–Kier alpha value is -0.850. The quantitative estimate of drug-likeness (QED) is 0.666. The van der Waals surface area contributed by atoms with Gasteiger partial charge in [-0.2, -0.15) is 0 Å². The third-order valence-electron chi connectivity index (χ3n) is 3.39. The molecule has 0 aromatic heterocycles. The number of carbonyl (C=O) groups is 2. The number of hydrogen-bond acceptors (Lipinski definition) is 4. The number of ether oxygens (including phenoxy) is 1. The van der Waals surface area contributed by atoms with E-state index in [9.17, 15) is 9.59 Å². The van der Waals surface area contributed by atoms with Gasteiger partial charge in [0.1, 0.15) is 0 Å². The summed E-state index contributed by atoms with van der Waals surface area (Å²) in [6.07, 6.45) is 0.320. The predicted octanol–water partition coefficient (Wildman–Crippen LogP) is 0.407. The summed E-state index contributed by atoms with van der Waals surface area (Å²) in [5.41, 5.74) is -0.214. The summed E-state index contributed by atoms with van der Waals surface area (Å²) in [7, 11) is 1.65. The first kappa shape index (κ1) is 20.1. The molecule has 6 nitrogen and oxygen atoms in total. The van der Waals surface area contributed by atoms with E-state index in [4.69, 9.17) is 4.74 Å². The zero-order valence-electron chi connectivity index (χ0n) is 13.4. The Labute approximate surface area is 133 Å². The first-order valence-corrected chi connectivity index (χ1v) is 7.14. The van der Waals surface area contributed by atoms with Gasteiger partial charge in [-0.05, 0) is 20.8 Å². The molecular formula is C14H28ClN3O3. The Kier molecular flexibility index (Phi) is 8.85. The molecule has 0 spiro atoms. The maximum absolute atomic E-state index is 12.0. The van der Waals surface area contributed by atoms with E-state index >= 15 is 0 Å². The topological polar surface area (TPSA) is 70.7 Å². The molecule has 1 fully saturated rings. The van der Waals surface area contributed by atoms with Crippen LogP contribution in [0.1, 0.15) is 27.2 Å². The predicted molar refractivity (Wildman–Crippen MR) is 84.6 cm³/mol. The highest BCUT2D eigenvalue weighted by atomic mass is 35.5. The van der Waals surface area contributed by atoms with Crippen LogP contribution in [0.4, 0.5) is 0 Å². The molecule has 1 saturated heterocycles. The summed E-state index contributed by atoms with van der Waals surface area (Å²) >= 11 is 0. The zero-order valence-corrected chi connectivity index (χ0v) is 14.2.